The first-order chi connectivity index (χ1) is 18.7. The zero-order valence-electron chi connectivity index (χ0n) is 22.9. The number of benzene rings is 2. The zero-order chi connectivity index (χ0) is 27.6. The van der Waals surface area contributed by atoms with Crippen LogP contribution in [0.25, 0.3) is 21.2 Å². The summed E-state index contributed by atoms with van der Waals surface area (Å²) in [4.78, 5) is 33.8. The lowest BCUT2D eigenvalue weighted by molar-refractivity contribution is 0.0885. The first-order valence-corrected chi connectivity index (χ1v) is 17.0. The highest BCUT2D eigenvalue weighted by Crippen LogP contribution is 2.40. The van der Waals surface area contributed by atoms with Crippen LogP contribution in [0.2, 0.25) is 0 Å². The molecule has 1 aliphatic carbocycles. The molecule has 0 atom stereocenters. The van der Waals surface area contributed by atoms with Crippen LogP contribution >= 0.6 is 23.3 Å². The normalized spacial score (nSPS) is 20.7. The van der Waals surface area contributed by atoms with Gasteiger partial charge in [0.2, 0.25) is 0 Å². The van der Waals surface area contributed by atoms with Crippen LogP contribution in [-0.2, 0) is 10.8 Å². The molecule has 1 saturated heterocycles. The highest BCUT2D eigenvalue weighted by molar-refractivity contribution is 7.97. The van der Waals surface area contributed by atoms with Gasteiger partial charge in [-0.25, -0.2) is 4.98 Å². The number of carbonyl (C=O) groups is 2. The molecule has 1 aliphatic heterocycles. The second-order valence-electron chi connectivity index (χ2n) is 11.6. The summed E-state index contributed by atoms with van der Waals surface area (Å²) in [7, 11) is -0.791. The van der Waals surface area contributed by atoms with Gasteiger partial charge in [0.25, 0.3) is 5.91 Å². The molecule has 2 N–H and O–H groups in total. The largest absolute Gasteiger partial charge is 0.347 e. The van der Waals surface area contributed by atoms with E-state index < -0.39 is 10.8 Å². The van der Waals surface area contributed by atoms with E-state index in [1.54, 1.807) is 11.9 Å². The first kappa shape index (κ1) is 28.5. The number of hydrogen-bond donors (Lipinski definition) is 2. The van der Waals surface area contributed by atoms with Crippen molar-refractivity contribution in [1.29, 1.82) is 0 Å². The van der Waals surface area contributed by atoms with Gasteiger partial charge in [-0.3, -0.25) is 18.5 Å². The predicted molar refractivity (Wildman–Crippen MR) is 163 cm³/mol. The Morgan fingerprint density at radius 2 is 1.67 bits per heavy atom. The van der Waals surface area contributed by atoms with Crippen LogP contribution in [0, 0.1) is 5.92 Å². The summed E-state index contributed by atoms with van der Waals surface area (Å²) in [5.74, 6) is 0.998. The van der Waals surface area contributed by atoms with Crippen LogP contribution in [0.15, 0.2) is 41.3 Å². The average Bonchev–Trinajstić information content (AvgIpc) is 3.38. The summed E-state index contributed by atoms with van der Waals surface area (Å²) in [6.07, 6.45) is 6.45. The molecular weight excluding hydrogens is 547 g/mol. The maximum atomic E-state index is 13.8. The maximum absolute atomic E-state index is 13.8. The zero-order valence-corrected chi connectivity index (χ0v) is 25.3. The van der Waals surface area contributed by atoms with Crippen LogP contribution in [-0.4, -0.2) is 44.0 Å². The molecular formula is C30H37N3O3S3. The van der Waals surface area contributed by atoms with E-state index in [1.807, 2.05) is 12.1 Å². The van der Waals surface area contributed by atoms with Gasteiger partial charge in [0.15, 0.2) is 10.8 Å². The topological polar surface area (TPSA) is 88.2 Å². The second-order valence-corrected chi connectivity index (χ2v) is 15.1. The Labute approximate surface area is 241 Å². The van der Waals surface area contributed by atoms with E-state index in [4.69, 9.17) is 4.98 Å². The van der Waals surface area contributed by atoms with Gasteiger partial charge < -0.3 is 5.32 Å². The number of nitrogens with one attached hydrogen (secondary N) is 2. The third kappa shape index (κ3) is 6.81. The van der Waals surface area contributed by atoms with E-state index in [1.165, 1.54) is 17.8 Å². The molecule has 0 bridgehead atoms. The molecule has 1 aromatic heterocycles. The minimum atomic E-state index is -0.791. The Morgan fingerprint density at radius 1 is 0.974 bits per heavy atom. The molecule has 2 aliphatic rings. The number of thiazole rings is 1. The highest BCUT2D eigenvalue weighted by Gasteiger charge is 2.31. The fourth-order valence-corrected chi connectivity index (χ4v) is 8.43. The molecule has 2 aromatic carbocycles. The lowest BCUT2D eigenvalue weighted by Gasteiger charge is -2.21. The lowest BCUT2D eigenvalue weighted by atomic mass is 9.84. The van der Waals surface area contributed by atoms with E-state index in [0.29, 0.717) is 35.0 Å². The van der Waals surface area contributed by atoms with Crippen LogP contribution < -0.4 is 10.0 Å². The fourth-order valence-electron chi connectivity index (χ4n) is 5.28. The monoisotopic (exact) mass is 583 g/mol. The summed E-state index contributed by atoms with van der Waals surface area (Å²) in [6.45, 7) is 6.41. The summed E-state index contributed by atoms with van der Waals surface area (Å²) in [6, 6.07) is 12.4. The van der Waals surface area contributed by atoms with E-state index in [2.05, 4.69) is 55.1 Å². The minimum Gasteiger partial charge on any atom is -0.347 e. The van der Waals surface area contributed by atoms with Gasteiger partial charge in [-0.15, -0.1) is 11.3 Å². The van der Waals surface area contributed by atoms with Gasteiger partial charge in [-0.1, -0.05) is 49.6 Å². The van der Waals surface area contributed by atoms with Crippen LogP contribution in [0.3, 0.4) is 0 Å². The highest BCUT2D eigenvalue weighted by atomic mass is 32.2. The van der Waals surface area contributed by atoms with Gasteiger partial charge in [-0.05, 0) is 75.2 Å². The van der Waals surface area contributed by atoms with E-state index in [-0.39, 0.29) is 29.2 Å². The molecule has 208 valence electrons. The van der Waals surface area contributed by atoms with E-state index in [9.17, 15) is 13.8 Å². The van der Waals surface area contributed by atoms with Gasteiger partial charge in [0.05, 0.1) is 4.88 Å². The van der Waals surface area contributed by atoms with Gasteiger partial charge in [-0.2, -0.15) is 0 Å². The molecule has 0 spiro atoms. The van der Waals surface area contributed by atoms with Crippen molar-refractivity contribution in [2.45, 2.75) is 82.2 Å². The van der Waals surface area contributed by atoms with Crippen molar-refractivity contribution < 1.29 is 13.8 Å². The number of hydrogen-bond acceptors (Lipinski definition) is 7. The number of amides is 1. The van der Waals surface area contributed by atoms with Crippen LogP contribution in [0.5, 0.6) is 0 Å². The standard InChI is InChI=1S/C30H37N3O3S3/c1-30(2,3)33-38-24-14-13-23(21-11-7-8-12-22(21)24)27-25(26(34)19-9-5-4-6-10-19)32-29(37-27)28(35)31-20-15-17-39(36)18-16-20/h7-8,11-14,19-20,33H,4-6,9-10,15-18H2,1-3H3,(H,31,35). The number of fused-ring (bicyclic) bond motifs is 1. The Balaban J connectivity index is 1.53. The smallest absolute Gasteiger partial charge is 0.280 e. The molecule has 9 heteroatoms. The van der Waals surface area contributed by atoms with Crippen molar-refractivity contribution >= 4 is 56.5 Å². The number of carbonyl (C=O) groups excluding carboxylic acids is 2. The van der Waals surface area contributed by atoms with Gasteiger partial charge >= 0.3 is 0 Å². The van der Waals surface area contributed by atoms with Gasteiger partial charge in [0.1, 0.15) is 5.69 Å². The Kier molecular flexibility index (Phi) is 8.91. The molecule has 5 rings (SSSR count). The lowest BCUT2D eigenvalue weighted by Crippen LogP contribution is -2.39. The van der Waals surface area contributed by atoms with Crippen molar-refractivity contribution in [2.24, 2.45) is 5.92 Å². The molecule has 0 radical (unpaired) electrons. The summed E-state index contributed by atoms with van der Waals surface area (Å²) in [5, 5.41) is 5.56. The molecule has 39 heavy (non-hydrogen) atoms. The SMILES string of the molecule is CC(C)(C)NSc1ccc(-c2sc(C(=O)NC3CCS(=O)CC3)nc2C(=O)C2CCCCC2)c2ccccc12. The molecule has 0 unspecified atom stereocenters. The Morgan fingerprint density at radius 3 is 2.36 bits per heavy atom. The number of aromatic nitrogens is 1. The number of rotatable bonds is 7. The quantitative estimate of drug-likeness (QED) is 0.236. The number of ketones is 1. The number of Topliss-reactive ketones (excluding diaryl/α,β-unsaturated/α-hetero) is 1. The predicted octanol–water partition coefficient (Wildman–Crippen LogP) is 6.76. The van der Waals surface area contributed by atoms with Gasteiger partial charge in [0, 0.05) is 50.3 Å². The van der Waals surface area contributed by atoms with Crippen LogP contribution in [0.1, 0.15) is 86.0 Å². The molecule has 6 nitrogen and oxygen atoms in total. The van der Waals surface area contributed by atoms with E-state index in [0.717, 1.165) is 51.8 Å². The summed E-state index contributed by atoms with van der Waals surface area (Å²) in [5.41, 5.74) is 1.33. The summed E-state index contributed by atoms with van der Waals surface area (Å²) < 4.78 is 15.3. The number of nitrogens with zero attached hydrogens (tertiary/aromatic N) is 1. The van der Waals surface area contributed by atoms with Crippen molar-refractivity contribution in [3.05, 3.63) is 47.1 Å². The molecule has 3 aromatic rings. The summed E-state index contributed by atoms with van der Waals surface area (Å²) >= 11 is 2.92. The van der Waals surface area contributed by atoms with E-state index >= 15 is 0 Å². The van der Waals surface area contributed by atoms with Crippen molar-refractivity contribution in [2.75, 3.05) is 11.5 Å². The fraction of sp³-hybridized carbons (Fsp3) is 0.500. The Bertz CT molecular complexity index is 1380. The average molecular weight is 584 g/mol. The molecule has 1 saturated carbocycles. The second kappa shape index (κ2) is 12.2. The van der Waals surface area contributed by atoms with Crippen molar-refractivity contribution in [3.63, 3.8) is 0 Å². The van der Waals surface area contributed by atoms with Crippen molar-refractivity contribution in [3.8, 4) is 10.4 Å². The maximum Gasteiger partial charge on any atom is 0.280 e. The third-order valence-corrected chi connectivity index (χ3v) is 11.1. The first-order valence-electron chi connectivity index (χ1n) is 13.9. The van der Waals surface area contributed by atoms with Crippen molar-refractivity contribution in [1.82, 2.24) is 15.0 Å². The molecule has 1 amide bonds. The third-order valence-electron chi connectivity index (χ3n) is 7.35. The van der Waals surface area contributed by atoms with Crippen LogP contribution in [0.4, 0.5) is 0 Å². The molecule has 2 heterocycles. The minimum absolute atomic E-state index is 0.00694. The Hall–Kier alpha value is -2.07. The molecule has 2 fully saturated rings.